The molecule has 1 aromatic heterocycles. The third-order valence-electron chi connectivity index (χ3n) is 1.76. The normalized spacial score (nSPS) is 14.5. The number of rotatable bonds is 1. The summed E-state index contributed by atoms with van der Waals surface area (Å²) in [4.78, 5) is 10.5. The molecule has 0 aromatic carbocycles. The van der Waals surface area contributed by atoms with Crippen LogP contribution in [0.2, 0.25) is 0 Å². The predicted octanol–water partition coefficient (Wildman–Crippen LogP) is 0.346. The van der Waals surface area contributed by atoms with Crippen LogP contribution >= 0.6 is 0 Å². The van der Waals surface area contributed by atoms with Crippen LogP contribution in [-0.2, 0) is 11.2 Å². The van der Waals surface area contributed by atoms with Crippen molar-refractivity contribution in [2.45, 2.75) is 6.42 Å². The molecule has 0 spiro atoms. The van der Waals surface area contributed by atoms with E-state index in [1.54, 1.807) is 6.20 Å². The summed E-state index contributed by atoms with van der Waals surface area (Å²) in [5, 5.41) is 18.0. The monoisotopic (exact) mass is 165 g/mol. The second-order valence-electron chi connectivity index (χ2n) is 2.57. The first-order valence-electron chi connectivity index (χ1n) is 3.48. The van der Waals surface area contributed by atoms with Crippen molar-refractivity contribution in [1.82, 2.24) is 10.2 Å². The molecule has 0 aliphatic carbocycles. The van der Waals surface area contributed by atoms with Crippen molar-refractivity contribution in [1.29, 1.82) is 0 Å². The zero-order valence-electron chi connectivity index (χ0n) is 6.16. The van der Waals surface area contributed by atoms with E-state index >= 15 is 0 Å². The van der Waals surface area contributed by atoms with Gasteiger partial charge >= 0.3 is 5.97 Å². The number of nitrogens with one attached hydrogen (secondary N) is 2. The van der Waals surface area contributed by atoms with Gasteiger partial charge < -0.3 is 10.4 Å². The molecule has 0 saturated heterocycles. The number of fused-ring (bicyclic) bond motifs is 1. The fourth-order valence-electron chi connectivity index (χ4n) is 1.12. The molecule has 0 atom stereocenters. The van der Waals surface area contributed by atoms with Crippen molar-refractivity contribution in [3.05, 3.63) is 23.5 Å². The summed E-state index contributed by atoms with van der Waals surface area (Å²) in [6.07, 6.45) is 3.52. The summed E-state index contributed by atoms with van der Waals surface area (Å²) in [6, 6.07) is 0. The van der Waals surface area contributed by atoms with Gasteiger partial charge in [-0.05, 0) is 0 Å². The third kappa shape index (κ3) is 0.952. The second-order valence-corrected chi connectivity index (χ2v) is 2.57. The highest BCUT2D eigenvalue weighted by Gasteiger charge is 2.16. The lowest BCUT2D eigenvalue weighted by Crippen LogP contribution is -2.11. The first-order valence-corrected chi connectivity index (χ1v) is 3.48. The average Bonchev–Trinajstić information content (AvgIpc) is 2.49. The minimum absolute atomic E-state index is 0.351. The van der Waals surface area contributed by atoms with E-state index in [0.717, 1.165) is 11.4 Å². The highest BCUT2D eigenvalue weighted by molar-refractivity contribution is 5.88. The summed E-state index contributed by atoms with van der Waals surface area (Å²) in [6.45, 7) is 0. The van der Waals surface area contributed by atoms with Crippen LogP contribution in [0.5, 0.6) is 0 Å². The maximum absolute atomic E-state index is 10.5. The van der Waals surface area contributed by atoms with E-state index in [1.807, 2.05) is 0 Å². The SMILES string of the molecule is O=C(O)C1=CNc2[nH]ncc2C1. The number of hydrogen-bond acceptors (Lipinski definition) is 3. The number of carbonyl (C=O) groups is 1. The number of hydrogen-bond donors (Lipinski definition) is 3. The number of aromatic amines is 1. The van der Waals surface area contributed by atoms with Gasteiger partial charge in [0, 0.05) is 18.2 Å². The summed E-state index contributed by atoms with van der Waals surface area (Å²) >= 11 is 0. The molecular weight excluding hydrogens is 158 g/mol. The number of aromatic nitrogens is 2. The topological polar surface area (TPSA) is 78.0 Å². The summed E-state index contributed by atoms with van der Waals surface area (Å²) < 4.78 is 0. The molecule has 1 aromatic rings. The zero-order valence-corrected chi connectivity index (χ0v) is 6.16. The smallest absolute Gasteiger partial charge is 0.333 e. The van der Waals surface area contributed by atoms with Crippen molar-refractivity contribution in [3.8, 4) is 0 Å². The fraction of sp³-hybridized carbons (Fsp3) is 0.143. The van der Waals surface area contributed by atoms with Crippen LogP contribution in [0.15, 0.2) is 18.0 Å². The Morgan fingerprint density at radius 3 is 3.25 bits per heavy atom. The largest absolute Gasteiger partial charge is 0.478 e. The average molecular weight is 165 g/mol. The molecule has 0 saturated carbocycles. The van der Waals surface area contributed by atoms with Crippen LogP contribution < -0.4 is 5.32 Å². The van der Waals surface area contributed by atoms with Crippen molar-refractivity contribution in [2.24, 2.45) is 0 Å². The number of H-pyrrole nitrogens is 1. The Morgan fingerprint density at radius 2 is 2.50 bits per heavy atom. The Hall–Kier alpha value is -1.78. The van der Waals surface area contributed by atoms with Gasteiger partial charge in [-0.2, -0.15) is 5.10 Å². The molecule has 3 N–H and O–H groups in total. The highest BCUT2D eigenvalue weighted by atomic mass is 16.4. The van der Waals surface area contributed by atoms with Crippen LogP contribution in [0.3, 0.4) is 0 Å². The molecule has 12 heavy (non-hydrogen) atoms. The molecule has 0 bridgehead atoms. The van der Waals surface area contributed by atoms with Gasteiger partial charge in [-0.3, -0.25) is 5.10 Å². The van der Waals surface area contributed by atoms with E-state index in [9.17, 15) is 4.79 Å². The molecule has 1 aliphatic rings. The molecule has 2 rings (SSSR count). The zero-order chi connectivity index (χ0) is 8.55. The van der Waals surface area contributed by atoms with Crippen molar-refractivity contribution < 1.29 is 9.90 Å². The number of nitrogens with zero attached hydrogens (tertiary/aromatic N) is 1. The van der Waals surface area contributed by atoms with Gasteiger partial charge in [-0.25, -0.2) is 4.79 Å². The van der Waals surface area contributed by atoms with E-state index < -0.39 is 5.97 Å². The van der Waals surface area contributed by atoms with Crippen molar-refractivity contribution in [2.75, 3.05) is 5.32 Å². The van der Waals surface area contributed by atoms with Crippen molar-refractivity contribution in [3.63, 3.8) is 0 Å². The number of carboxylic acid groups (broad SMARTS) is 1. The molecule has 62 valence electrons. The minimum Gasteiger partial charge on any atom is -0.478 e. The van der Waals surface area contributed by atoms with Crippen LogP contribution in [0, 0.1) is 0 Å². The summed E-state index contributed by atoms with van der Waals surface area (Å²) in [5.74, 6) is -0.116. The molecule has 5 nitrogen and oxygen atoms in total. The maximum Gasteiger partial charge on any atom is 0.333 e. The lowest BCUT2D eigenvalue weighted by atomic mass is 10.1. The summed E-state index contributed by atoms with van der Waals surface area (Å²) in [5.41, 5.74) is 1.24. The first kappa shape index (κ1) is 6.90. The molecule has 0 amide bonds. The third-order valence-corrected chi connectivity index (χ3v) is 1.76. The van der Waals surface area contributed by atoms with E-state index in [2.05, 4.69) is 15.5 Å². The molecule has 0 radical (unpaired) electrons. The van der Waals surface area contributed by atoms with E-state index in [4.69, 9.17) is 5.11 Å². The molecule has 5 heteroatoms. The Kier molecular flexibility index (Phi) is 1.36. The molecule has 0 unspecified atom stereocenters. The van der Waals surface area contributed by atoms with E-state index in [-0.39, 0.29) is 0 Å². The predicted molar refractivity (Wildman–Crippen MR) is 41.6 cm³/mol. The maximum atomic E-state index is 10.5. The summed E-state index contributed by atoms with van der Waals surface area (Å²) in [7, 11) is 0. The number of carboxylic acids is 1. The van der Waals surface area contributed by atoms with Gasteiger partial charge in [0.1, 0.15) is 5.82 Å². The van der Waals surface area contributed by atoms with Gasteiger partial charge in [0.15, 0.2) is 0 Å². The molecule has 0 fully saturated rings. The highest BCUT2D eigenvalue weighted by Crippen LogP contribution is 2.20. The standard InChI is InChI=1S/C7H7N3O2/c11-7(12)5-1-4-3-9-10-6(4)8-2-5/h2-3H,1H2,(H,11,12)(H2,8,9,10). The lowest BCUT2D eigenvalue weighted by Gasteiger charge is -2.09. The quantitative estimate of drug-likeness (QED) is 0.561. The van der Waals surface area contributed by atoms with Gasteiger partial charge in [0.2, 0.25) is 0 Å². The number of aliphatic carboxylic acids is 1. The fourth-order valence-corrected chi connectivity index (χ4v) is 1.12. The number of anilines is 1. The van der Waals surface area contributed by atoms with E-state index in [1.165, 1.54) is 6.20 Å². The van der Waals surface area contributed by atoms with E-state index in [0.29, 0.717) is 12.0 Å². The van der Waals surface area contributed by atoms with Gasteiger partial charge in [-0.15, -0.1) is 0 Å². The van der Waals surface area contributed by atoms with Gasteiger partial charge in [-0.1, -0.05) is 0 Å². The van der Waals surface area contributed by atoms with Crippen LogP contribution in [0.1, 0.15) is 5.56 Å². The molecular formula is C7H7N3O2. The van der Waals surface area contributed by atoms with Crippen LogP contribution in [-0.4, -0.2) is 21.3 Å². The van der Waals surface area contributed by atoms with Crippen molar-refractivity contribution >= 4 is 11.8 Å². The van der Waals surface area contributed by atoms with Crippen LogP contribution in [0.25, 0.3) is 0 Å². The molecule has 2 heterocycles. The Labute approximate surface area is 68.1 Å². The Bertz CT molecular complexity index is 353. The Balaban J connectivity index is 2.29. The van der Waals surface area contributed by atoms with Crippen LogP contribution in [0.4, 0.5) is 5.82 Å². The second kappa shape index (κ2) is 2.37. The first-order chi connectivity index (χ1) is 5.77. The minimum atomic E-state index is -0.894. The Morgan fingerprint density at radius 1 is 1.67 bits per heavy atom. The molecule has 1 aliphatic heterocycles. The van der Waals surface area contributed by atoms with Gasteiger partial charge in [0.25, 0.3) is 0 Å². The lowest BCUT2D eigenvalue weighted by molar-refractivity contribution is -0.132. The van der Waals surface area contributed by atoms with Gasteiger partial charge in [0.05, 0.1) is 11.8 Å².